The molecule has 11 heavy (non-hydrogen) atoms. The summed E-state index contributed by atoms with van der Waals surface area (Å²) in [5.74, 6) is 0.535. The van der Waals surface area contributed by atoms with Gasteiger partial charge in [-0.25, -0.2) is 0 Å². The Labute approximate surface area is 72.4 Å². The molecule has 0 saturated heterocycles. The van der Waals surface area contributed by atoms with Gasteiger partial charge < -0.3 is 4.55 Å². The minimum Gasteiger partial charge on any atom is -0.579 e. The van der Waals surface area contributed by atoms with Crippen molar-refractivity contribution >= 4 is 11.5 Å². The van der Waals surface area contributed by atoms with Crippen molar-refractivity contribution in [3.63, 3.8) is 0 Å². The summed E-state index contributed by atoms with van der Waals surface area (Å²) in [5.41, 5.74) is 0. The Morgan fingerprint density at radius 3 is 2.18 bits per heavy atom. The first kappa shape index (κ1) is 11.2. The molecular weight excluding hydrogens is 160 g/mol. The summed E-state index contributed by atoms with van der Waals surface area (Å²) in [4.78, 5) is 0. The first-order valence-electron chi connectivity index (χ1n) is 3.93. The molecule has 0 aromatic heterocycles. The largest absolute Gasteiger partial charge is 0.579 e. The van der Waals surface area contributed by atoms with E-state index in [4.69, 9.17) is 0 Å². The van der Waals surface area contributed by atoms with Gasteiger partial charge in [0.1, 0.15) is 11.5 Å². The molecule has 0 radical (unpaired) electrons. The van der Waals surface area contributed by atoms with Gasteiger partial charge >= 0.3 is 0 Å². The van der Waals surface area contributed by atoms with Gasteiger partial charge in [-0.15, -0.1) is 9.44 Å². The minimum absolute atomic E-state index is 0.260. The van der Waals surface area contributed by atoms with Gasteiger partial charge in [-0.05, 0) is 19.8 Å². The number of nitrogens with one attached hydrogen (secondary N) is 2. The highest BCUT2D eigenvalue weighted by Crippen LogP contribution is 1.90. The van der Waals surface area contributed by atoms with E-state index in [1.54, 1.807) is 0 Å². The molecule has 0 aromatic rings. The zero-order valence-corrected chi connectivity index (χ0v) is 8.49. The van der Waals surface area contributed by atoms with Crippen molar-refractivity contribution in [3.05, 3.63) is 0 Å². The molecule has 0 rings (SSSR count). The molecule has 0 aliphatic heterocycles. The fourth-order valence-electron chi connectivity index (χ4n) is 0.498. The normalized spacial score (nSPS) is 14.5. The SMILES string of the molecule is CC(C)CN[S+]([O-])NC(C)C. The first-order valence-corrected chi connectivity index (χ1v) is 5.08. The molecule has 0 aliphatic carbocycles. The molecular formula is C7H18N2OS. The summed E-state index contributed by atoms with van der Waals surface area (Å²) in [6.45, 7) is 8.88. The third kappa shape index (κ3) is 8.13. The molecule has 3 nitrogen and oxygen atoms in total. The van der Waals surface area contributed by atoms with Crippen LogP contribution in [0.4, 0.5) is 0 Å². The van der Waals surface area contributed by atoms with E-state index in [0.717, 1.165) is 6.54 Å². The maximum atomic E-state index is 11.0. The maximum absolute atomic E-state index is 11.0. The van der Waals surface area contributed by atoms with Gasteiger partial charge in [-0.3, -0.25) is 0 Å². The highest BCUT2D eigenvalue weighted by molar-refractivity contribution is 7.87. The van der Waals surface area contributed by atoms with Crippen molar-refractivity contribution in [2.45, 2.75) is 33.7 Å². The second-order valence-electron chi connectivity index (χ2n) is 3.28. The van der Waals surface area contributed by atoms with E-state index in [0.29, 0.717) is 5.92 Å². The van der Waals surface area contributed by atoms with Crippen LogP contribution in [0.5, 0.6) is 0 Å². The average molecular weight is 178 g/mol. The number of hydrogen-bond donors (Lipinski definition) is 2. The predicted molar refractivity (Wildman–Crippen MR) is 49.3 cm³/mol. The molecule has 0 aliphatic rings. The Balaban J connectivity index is 3.29. The summed E-state index contributed by atoms with van der Waals surface area (Å²) in [5, 5.41) is 0. The maximum Gasteiger partial charge on any atom is 0.135 e. The molecule has 0 spiro atoms. The topological polar surface area (TPSA) is 47.1 Å². The quantitative estimate of drug-likeness (QED) is 0.612. The van der Waals surface area contributed by atoms with Crippen molar-refractivity contribution < 1.29 is 4.55 Å². The van der Waals surface area contributed by atoms with Gasteiger partial charge in [-0.2, -0.15) is 0 Å². The zero-order chi connectivity index (χ0) is 8.85. The summed E-state index contributed by atoms with van der Waals surface area (Å²) < 4.78 is 16.8. The van der Waals surface area contributed by atoms with E-state index in [9.17, 15) is 4.55 Å². The van der Waals surface area contributed by atoms with Gasteiger partial charge in [0.05, 0.1) is 0 Å². The zero-order valence-electron chi connectivity index (χ0n) is 7.68. The van der Waals surface area contributed by atoms with Crippen LogP contribution in [0.25, 0.3) is 0 Å². The highest BCUT2D eigenvalue weighted by atomic mass is 32.2. The van der Waals surface area contributed by atoms with Crippen molar-refractivity contribution in [1.82, 2.24) is 9.44 Å². The van der Waals surface area contributed by atoms with E-state index < -0.39 is 11.5 Å². The lowest BCUT2D eigenvalue weighted by Gasteiger charge is -2.14. The Morgan fingerprint density at radius 2 is 1.82 bits per heavy atom. The van der Waals surface area contributed by atoms with Crippen LogP contribution < -0.4 is 9.44 Å². The van der Waals surface area contributed by atoms with Crippen LogP contribution in [-0.4, -0.2) is 17.1 Å². The fraction of sp³-hybridized carbons (Fsp3) is 1.00. The monoisotopic (exact) mass is 178 g/mol. The van der Waals surface area contributed by atoms with E-state index in [-0.39, 0.29) is 6.04 Å². The van der Waals surface area contributed by atoms with Crippen LogP contribution >= 0.6 is 0 Å². The highest BCUT2D eigenvalue weighted by Gasteiger charge is 2.07. The molecule has 2 N–H and O–H groups in total. The van der Waals surface area contributed by atoms with E-state index in [2.05, 4.69) is 23.3 Å². The van der Waals surface area contributed by atoms with Crippen LogP contribution in [0.3, 0.4) is 0 Å². The van der Waals surface area contributed by atoms with Gasteiger partial charge in [-0.1, -0.05) is 13.8 Å². The lowest BCUT2D eigenvalue weighted by atomic mass is 10.2. The van der Waals surface area contributed by atoms with E-state index in [1.807, 2.05) is 13.8 Å². The second-order valence-corrected chi connectivity index (χ2v) is 4.35. The van der Waals surface area contributed by atoms with Crippen molar-refractivity contribution in [1.29, 1.82) is 0 Å². The molecule has 0 amide bonds. The lowest BCUT2D eigenvalue weighted by Crippen LogP contribution is -2.41. The van der Waals surface area contributed by atoms with Crippen molar-refractivity contribution in [2.75, 3.05) is 6.54 Å². The summed E-state index contributed by atoms with van der Waals surface area (Å²) in [6, 6.07) is 0.260. The minimum atomic E-state index is -1.07. The Morgan fingerprint density at radius 1 is 1.27 bits per heavy atom. The molecule has 0 bridgehead atoms. The van der Waals surface area contributed by atoms with Crippen molar-refractivity contribution in [2.24, 2.45) is 5.92 Å². The Bertz CT molecular complexity index is 98.4. The molecule has 4 heteroatoms. The Hall–Kier alpha value is 0.230. The summed E-state index contributed by atoms with van der Waals surface area (Å²) in [6.07, 6.45) is 0. The van der Waals surface area contributed by atoms with Crippen LogP contribution in [0, 0.1) is 5.92 Å². The molecule has 0 saturated carbocycles. The molecule has 68 valence electrons. The third-order valence-corrected chi connectivity index (χ3v) is 2.08. The number of hydrogen-bond acceptors (Lipinski definition) is 3. The third-order valence-electron chi connectivity index (χ3n) is 0.965. The molecule has 0 heterocycles. The summed E-state index contributed by atoms with van der Waals surface area (Å²) >= 11 is -1.07. The average Bonchev–Trinajstić information content (AvgIpc) is 1.82. The molecule has 1 atom stereocenters. The molecule has 1 unspecified atom stereocenters. The fourth-order valence-corrected chi connectivity index (χ4v) is 1.49. The van der Waals surface area contributed by atoms with Gasteiger partial charge in [0.15, 0.2) is 0 Å². The van der Waals surface area contributed by atoms with Crippen LogP contribution in [0.15, 0.2) is 0 Å². The van der Waals surface area contributed by atoms with Crippen LogP contribution in [0.2, 0.25) is 0 Å². The molecule has 0 fully saturated rings. The van der Waals surface area contributed by atoms with E-state index in [1.165, 1.54) is 0 Å². The summed E-state index contributed by atoms with van der Waals surface area (Å²) in [7, 11) is 0. The second kappa shape index (κ2) is 5.83. The van der Waals surface area contributed by atoms with Crippen molar-refractivity contribution in [3.8, 4) is 0 Å². The van der Waals surface area contributed by atoms with Crippen LogP contribution in [0.1, 0.15) is 27.7 Å². The van der Waals surface area contributed by atoms with Crippen LogP contribution in [-0.2, 0) is 11.5 Å². The van der Waals surface area contributed by atoms with Gasteiger partial charge in [0, 0.05) is 12.6 Å². The molecule has 0 aromatic carbocycles. The van der Waals surface area contributed by atoms with Gasteiger partial charge in [0.25, 0.3) is 0 Å². The lowest BCUT2D eigenvalue weighted by molar-refractivity contribution is 0.537. The predicted octanol–water partition coefficient (Wildman–Crippen LogP) is 0.809. The Kier molecular flexibility index (Phi) is 5.95. The van der Waals surface area contributed by atoms with Gasteiger partial charge in [0.2, 0.25) is 0 Å². The smallest absolute Gasteiger partial charge is 0.135 e. The standard InChI is InChI=1S/C7H18N2OS/c1-6(2)5-8-11(10)9-7(3)4/h6-9H,5H2,1-4H3. The number of rotatable bonds is 5. The first-order chi connectivity index (χ1) is 5.02. The van der Waals surface area contributed by atoms with E-state index >= 15 is 0 Å².